The number of nitrogens with zero attached hydrogens (tertiary/aromatic N) is 3. The predicted octanol–water partition coefficient (Wildman–Crippen LogP) is 2.24. The lowest BCUT2D eigenvalue weighted by molar-refractivity contribution is -0.131. The van der Waals surface area contributed by atoms with Crippen molar-refractivity contribution in [1.82, 2.24) is 9.80 Å². The molecule has 0 aromatic heterocycles. The van der Waals surface area contributed by atoms with Crippen LogP contribution in [0.4, 0.5) is 5.69 Å². The Hall–Kier alpha value is -2.01. The number of methoxy groups -OCH3 is 1. The molecule has 0 bridgehead atoms. The second kappa shape index (κ2) is 8.73. The number of hydrogen-bond acceptors (Lipinski definition) is 4. The maximum atomic E-state index is 12.4. The molecule has 1 heterocycles. The van der Waals surface area contributed by atoms with Crippen LogP contribution in [-0.4, -0.2) is 68.6 Å². The first-order chi connectivity index (χ1) is 11.5. The van der Waals surface area contributed by atoms with E-state index >= 15 is 0 Å². The maximum Gasteiger partial charge on any atom is 0.237 e. The fourth-order valence-corrected chi connectivity index (χ4v) is 2.96. The Morgan fingerprint density at radius 1 is 1.29 bits per heavy atom. The number of piperazine rings is 1. The quantitative estimate of drug-likeness (QED) is 0.718. The Balaban J connectivity index is 1.85. The third-order valence-corrected chi connectivity index (χ3v) is 4.34. The van der Waals surface area contributed by atoms with Gasteiger partial charge in [0, 0.05) is 51.0 Å². The first-order valence-electron chi connectivity index (χ1n) is 8.57. The Kier molecular flexibility index (Phi) is 6.67. The van der Waals surface area contributed by atoms with Crippen molar-refractivity contribution in [3.05, 3.63) is 36.4 Å². The van der Waals surface area contributed by atoms with E-state index in [1.54, 1.807) is 7.11 Å². The van der Waals surface area contributed by atoms with Crippen molar-refractivity contribution >= 4 is 11.6 Å². The highest BCUT2D eigenvalue weighted by Crippen LogP contribution is 2.22. The van der Waals surface area contributed by atoms with Gasteiger partial charge in [0.15, 0.2) is 0 Å². The fourth-order valence-electron chi connectivity index (χ4n) is 2.96. The molecule has 0 N–H and O–H groups in total. The Morgan fingerprint density at radius 2 is 2.00 bits per heavy atom. The van der Waals surface area contributed by atoms with Crippen LogP contribution in [-0.2, 0) is 4.79 Å². The van der Waals surface area contributed by atoms with Gasteiger partial charge in [-0.3, -0.25) is 9.69 Å². The SMILES string of the molecule is C=C(C)CN(CC)C(=O)CN1CCN(c2cccc(OC)c2)CC1. The van der Waals surface area contributed by atoms with Crippen molar-refractivity contribution in [1.29, 1.82) is 0 Å². The van der Waals surface area contributed by atoms with Crippen LogP contribution in [0.2, 0.25) is 0 Å². The average Bonchev–Trinajstić information content (AvgIpc) is 2.60. The van der Waals surface area contributed by atoms with Crippen LogP contribution in [0.5, 0.6) is 5.75 Å². The number of amides is 1. The summed E-state index contributed by atoms with van der Waals surface area (Å²) in [4.78, 5) is 18.9. The standard InChI is InChI=1S/C19H29N3O2/c1-5-21(14-16(2)3)19(23)15-20-9-11-22(12-10-20)17-7-6-8-18(13-17)24-4/h6-8,13H,2,5,9-12,14-15H2,1,3-4H3. The number of anilines is 1. The normalized spacial score (nSPS) is 15.2. The molecule has 0 atom stereocenters. The van der Waals surface area contributed by atoms with Gasteiger partial charge in [0.25, 0.3) is 0 Å². The summed E-state index contributed by atoms with van der Waals surface area (Å²) in [6, 6.07) is 8.14. The molecule has 0 aliphatic carbocycles. The largest absolute Gasteiger partial charge is 0.497 e. The van der Waals surface area contributed by atoms with E-state index < -0.39 is 0 Å². The van der Waals surface area contributed by atoms with Gasteiger partial charge < -0.3 is 14.5 Å². The molecule has 2 rings (SSSR count). The van der Waals surface area contributed by atoms with Crippen molar-refractivity contribution in [2.45, 2.75) is 13.8 Å². The second-order valence-electron chi connectivity index (χ2n) is 6.33. The molecular weight excluding hydrogens is 302 g/mol. The van der Waals surface area contributed by atoms with Gasteiger partial charge >= 0.3 is 0 Å². The van der Waals surface area contributed by atoms with E-state index in [9.17, 15) is 4.79 Å². The zero-order valence-corrected chi connectivity index (χ0v) is 15.1. The van der Waals surface area contributed by atoms with Crippen molar-refractivity contribution in [2.24, 2.45) is 0 Å². The minimum absolute atomic E-state index is 0.190. The highest BCUT2D eigenvalue weighted by Gasteiger charge is 2.21. The summed E-state index contributed by atoms with van der Waals surface area (Å²) >= 11 is 0. The van der Waals surface area contributed by atoms with Gasteiger partial charge in [0.05, 0.1) is 13.7 Å². The molecule has 132 valence electrons. The van der Waals surface area contributed by atoms with Crippen LogP contribution in [0.25, 0.3) is 0 Å². The summed E-state index contributed by atoms with van der Waals surface area (Å²) < 4.78 is 5.30. The maximum absolute atomic E-state index is 12.4. The minimum atomic E-state index is 0.190. The first-order valence-corrected chi connectivity index (χ1v) is 8.57. The number of rotatable bonds is 7. The molecule has 1 aromatic carbocycles. The highest BCUT2D eigenvalue weighted by molar-refractivity contribution is 5.78. The van der Waals surface area contributed by atoms with E-state index in [2.05, 4.69) is 28.5 Å². The summed E-state index contributed by atoms with van der Waals surface area (Å²) in [6.45, 7) is 13.4. The molecule has 0 spiro atoms. The van der Waals surface area contributed by atoms with Crippen molar-refractivity contribution < 1.29 is 9.53 Å². The summed E-state index contributed by atoms with van der Waals surface area (Å²) in [5.74, 6) is 1.07. The van der Waals surface area contributed by atoms with Gasteiger partial charge in [-0.25, -0.2) is 0 Å². The Labute approximate surface area is 145 Å². The van der Waals surface area contributed by atoms with Gasteiger partial charge in [-0.05, 0) is 26.0 Å². The zero-order chi connectivity index (χ0) is 17.5. The zero-order valence-electron chi connectivity index (χ0n) is 15.1. The van der Waals surface area contributed by atoms with Crippen LogP contribution in [0.3, 0.4) is 0 Å². The molecule has 1 saturated heterocycles. The molecule has 0 saturated carbocycles. The smallest absolute Gasteiger partial charge is 0.237 e. The lowest BCUT2D eigenvalue weighted by Crippen LogP contribution is -2.50. The third kappa shape index (κ3) is 4.99. The van der Waals surface area contributed by atoms with Gasteiger partial charge in [-0.1, -0.05) is 18.2 Å². The summed E-state index contributed by atoms with van der Waals surface area (Å²) in [5.41, 5.74) is 2.20. The number of benzene rings is 1. The summed E-state index contributed by atoms with van der Waals surface area (Å²) in [7, 11) is 1.69. The van der Waals surface area contributed by atoms with Gasteiger partial charge in [-0.2, -0.15) is 0 Å². The summed E-state index contributed by atoms with van der Waals surface area (Å²) in [5, 5.41) is 0. The molecule has 5 heteroatoms. The molecular formula is C19H29N3O2. The van der Waals surface area contributed by atoms with Crippen molar-refractivity contribution in [3.8, 4) is 5.75 Å². The molecule has 5 nitrogen and oxygen atoms in total. The van der Waals surface area contributed by atoms with Crippen LogP contribution in [0.1, 0.15) is 13.8 Å². The monoisotopic (exact) mass is 331 g/mol. The molecule has 1 fully saturated rings. The molecule has 1 amide bonds. The topological polar surface area (TPSA) is 36.0 Å². The number of hydrogen-bond donors (Lipinski definition) is 0. The van der Waals surface area contributed by atoms with Gasteiger partial charge in [0.2, 0.25) is 5.91 Å². The van der Waals surface area contributed by atoms with Crippen LogP contribution < -0.4 is 9.64 Å². The second-order valence-corrected chi connectivity index (χ2v) is 6.33. The lowest BCUT2D eigenvalue weighted by Gasteiger charge is -2.36. The van der Waals surface area contributed by atoms with E-state index in [0.29, 0.717) is 13.1 Å². The van der Waals surface area contributed by atoms with Crippen LogP contribution in [0, 0.1) is 0 Å². The first kappa shape index (κ1) is 18.3. The van der Waals surface area contributed by atoms with E-state index in [4.69, 9.17) is 4.74 Å². The van der Waals surface area contributed by atoms with Crippen LogP contribution in [0.15, 0.2) is 36.4 Å². The third-order valence-electron chi connectivity index (χ3n) is 4.34. The molecule has 0 radical (unpaired) electrons. The molecule has 24 heavy (non-hydrogen) atoms. The Bertz CT molecular complexity index is 565. The highest BCUT2D eigenvalue weighted by atomic mass is 16.5. The van der Waals surface area contributed by atoms with Gasteiger partial charge in [0.1, 0.15) is 5.75 Å². The van der Waals surface area contributed by atoms with E-state index in [1.807, 2.05) is 30.9 Å². The van der Waals surface area contributed by atoms with E-state index in [-0.39, 0.29) is 5.91 Å². The van der Waals surface area contributed by atoms with Crippen molar-refractivity contribution in [3.63, 3.8) is 0 Å². The predicted molar refractivity (Wildman–Crippen MR) is 98.7 cm³/mol. The number of carbonyl (C=O) groups is 1. The van der Waals surface area contributed by atoms with Crippen LogP contribution >= 0.6 is 0 Å². The molecule has 0 unspecified atom stereocenters. The summed E-state index contributed by atoms with van der Waals surface area (Å²) in [6.07, 6.45) is 0. The van der Waals surface area contributed by atoms with E-state index in [1.165, 1.54) is 5.69 Å². The fraction of sp³-hybridized carbons (Fsp3) is 0.526. The Morgan fingerprint density at radius 3 is 2.58 bits per heavy atom. The number of likely N-dealkylation sites (N-methyl/N-ethyl adjacent to an activating group) is 1. The minimum Gasteiger partial charge on any atom is -0.497 e. The number of ether oxygens (including phenoxy) is 1. The van der Waals surface area contributed by atoms with E-state index in [0.717, 1.165) is 44.0 Å². The van der Waals surface area contributed by atoms with Gasteiger partial charge in [-0.15, -0.1) is 0 Å². The average molecular weight is 331 g/mol. The number of carbonyl (C=O) groups excluding carboxylic acids is 1. The molecule has 1 aliphatic rings. The lowest BCUT2D eigenvalue weighted by atomic mass is 10.2. The molecule has 1 aliphatic heterocycles. The molecule has 1 aromatic rings. The van der Waals surface area contributed by atoms with Crippen molar-refractivity contribution in [2.75, 3.05) is 57.8 Å².